The summed E-state index contributed by atoms with van der Waals surface area (Å²) >= 11 is 0. The van der Waals surface area contributed by atoms with Crippen molar-refractivity contribution in [1.82, 2.24) is 0 Å². The summed E-state index contributed by atoms with van der Waals surface area (Å²) in [6, 6.07) is 13.2. The molecule has 1 amide bonds. The van der Waals surface area contributed by atoms with Crippen LogP contribution in [0, 0.1) is 11.3 Å². The molecule has 7 heteroatoms. The monoisotopic (exact) mass is 396 g/mol. The van der Waals surface area contributed by atoms with Gasteiger partial charge in [-0.1, -0.05) is 6.92 Å². The molecule has 7 nitrogen and oxygen atoms in total. The molecular formula is C22H24N2O5. The number of nitrogens with one attached hydrogen (secondary N) is 1. The first-order valence-electron chi connectivity index (χ1n) is 9.40. The second-order valence-electron chi connectivity index (χ2n) is 6.17. The fourth-order valence-corrected chi connectivity index (χ4v) is 2.39. The largest absolute Gasteiger partial charge is 0.490 e. The number of ether oxygens (including phenoxy) is 3. The van der Waals surface area contributed by atoms with Crippen LogP contribution in [0.25, 0.3) is 0 Å². The Morgan fingerprint density at radius 1 is 1.07 bits per heavy atom. The van der Waals surface area contributed by atoms with Crippen LogP contribution < -0.4 is 14.8 Å². The number of amides is 1. The van der Waals surface area contributed by atoms with Crippen molar-refractivity contribution >= 4 is 17.6 Å². The van der Waals surface area contributed by atoms with Crippen LogP contribution in [0.1, 0.15) is 43.1 Å². The number of benzene rings is 2. The molecule has 0 radical (unpaired) electrons. The highest BCUT2D eigenvalue weighted by Gasteiger charge is 2.20. The van der Waals surface area contributed by atoms with Crippen LogP contribution in [0.5, 0.6) is 11.5 Å². The van der Waals surface area contributed by atoms with Crippen molar-refractivity contribution in [3.05, 3.63) is 53.6 Å². The van der Waals surface area contributed by atoms with Gasteiger partial charge >= 0.3 is 5.97 Å². The fourth-order valence-electron chi connectivity index (χ4n) is 2.39. The molecule has 0 aliphatic heterocycles. The molecule has 0 saturated carbocycles. The molecule has 0 aromatic heterocycles. The van der Waals surface area contributed by atoms with Gasteiger partial charge in [0.25, 0.3) is 5.91 Å². The van der Waals surface area contributed by atoms with Crippen LogP contribution in [0.4, 0.5) is 5.69 Å². The van der Waals surface area contributed by atoms with Crippen molar-refractivity contribution in [3.8, 4) is 17.6 Å². The first kappa shape index (κ1) is 21.8. The van der Waals surface area contributed by atoms with Gasteiger partial charge in [0, 0.05) is 5.69 Å². The molecule has 0 bridgehead atoms. The van der Waals surface area contributed by atoms with Crippen LogP contribution >= 0.6 is 0 Å². The fraction of sp³-hybridized carbons (Fsp3) is 0.318. The lowest BCUT2D eigenvalue weighted by atomic mass is 10.2. The van der Waals surface area contributed by atoms with Crippen molar-refractivity contribution in [2.45, 2.75) is 33.3 Å². The van der Waals surface area contributed by atoms with E-state index in [1.165, 1.54) is 6.92 Å². The Labute approximate surface area is 170 Å². The summed E-state index contributed by atoms with van der Waals surface area (Å²) < 4.78 is 16.4. The first-order chi connectivity index (χ1) is 14.0. The van der Waals surface area contributed by atoms with Gasteiger partial charge in [0.05, 0.1) is 30.4 Å². The first-order valence-corrected chi connectivity index (χ1v) is 9.40. The SMILES string of the molecule is CCCOc1ccc(C(=O)O[C@@H](C)C(=O)Nc2ccc(C#N)cc2)cc1OCC. The van der Waals surface area contributed by atoms with E-state index in [1.54, 1.807) is 42.5 Å². The third kappa shape index (κ3) is 6.25. The Balaban J connectivity index is 2.02. The van der Waals surface area contributed by atoms with Gasteiger partial charge in [-0.05, 0) is 62.7 Å². The summed E-state index contributed by atoms with van der Waals surface area (Å²) in [6.45, 7) is 6.28. The normalized spacial score (nSPS) is 11.1. The van der Waals surface area contributed by atoms with E-state index in [4.69, 9.17) is 19.5 Å². The number of rotatable bonds is 9. The lowest BCUT2D eigenvalue weighted by Crippen LogP contribution is -2.30. The van der Waals surface area contributed by atoms with Crippen molar-refractivity contribution in [2.24, 2.45) is 0 Å². The van der Waals surface area contributed by atoms with Gasteiger partial charge in [-0.15, -0.1) is 0 Å². The molecule has 1 N–H and O–H groups in total. The summed E-state index contributed by atoms with van der Waals surface area (Å²) in [6.07, 6.45) is -0.161. The summed E-state index contributed by atoms with van der Waals surface area (Å²) in [4.78, 5) is 24.7. The quantitative estimate of drug-likeness (QED) is 0.645. The number of carbonyl (C=O) groups excluding carboxylic acids is 2. The van der Waals surface area contributed by atoms with E-state index in [0.29, 0.717) is 36.0 Å². The van der Waals surface area contributed by atoms with E-state index in [1.807, 2.05) is 19.9 Å². The maximum atomic E-state index is 12.4. The predicted octanol–water partition coefficient (Wildman–Crippen LogP) is 3.93. The molecule has 2 rings (SSSR count). The molecule has 29 heavy (non-hydrogen) atoms. The van der Waals surface area contributed by atoms with Crippen LogP contribution in [-0.4, -0.2) is 31.2 Å². The number of hydrogen-bond donors (Lipinski definition) is 1. The lowest BCUT2D eigenvalue weighted by Gasteiger charge is -2.15. The maximum absolute atomic E-state index is 12.4. The Bertz CT molecular complexity index is 887. The Kier molecular flexibility index (Phi) is 8.04. The van der Waals surface area contributed by atoms with Gasteiger partial charge in [0.15, 0.2) is 17.6 Å². The molecule has 0 saturated heterocycles. The maximum Gasteiger partial charge on any atom is 0.339 e. The van der Waals surface area contributed by atoms with E-state index in [2.05, 4.69) is 5.32 Å². The molecule has 0 aliphatic rings. The van der Waals surface area contributed by atoms with E-state index >= 15 is 0 Å². The summed E-state index contributed by atoms with van der Waals surface area (Å²) in [5, 5.41) is 11.5. The minimum absolute atomic E-state index is 0.260. The average Bonchev–Trinajstić information content (AvgIpc) is 2.73. The average molecular weight is 396 g/mol. The van der Waals surface area contributed by atoms with Crippen LogP contribution in [0.15, 0.2) is 42.5 Å². The number of hydrogen-bond acceptors (Lipinski definition) is 6. The molecule has 0 aliphatic carbocycles. The lowest BCUT2D eigenvalue weighted by molar-refractivity contribution is -0.123. The summed E-state index contributed by atoms with van der Waals surface area (Å²) in [7, 11) is 0. The number of esters is 1. The van der Waals surface area contributed by atoms with Crippen LogP contribution in [0.3, 0.4) is 0 Å². The zero-order valence-electron chi connectivity index (χ0n) is 16.7. The Hall–Kier alpha value is -3.53. The second kappa shape index (κ2) is 10.7. The van der Waals surface area contributed by atoms with E-state index in [9.17, 15) is 9.59 Å². The zero-order chi connectivity index (χ0) is 21.2. The number of anilines is 1. The molecular weight excluding hydrogens is 372 g/mol. The minimum atomic E-state index is -1.01. The van der Waals surface area contributed by atoms with E-state index in [-0.39, 0.29) is 5.56 Å². The van der Waals surface area contributed by atoms with Gasteiger partial charge in [-0.25, -0.2) is 4.79 Å². The highest BCUT2D eigenvalue weighted by molar-refractivity contribution is 5.97. The minimum Gasteiger partial charge on any atom is -0.490 e. The van der Waals surface area contributed by atoms with Crippen molar-refractivity contribution in [1.29, 1.82) is 5.26 Å². The highest BCUT2D eigenvalue weighted by Crippen LogP contribution is 2.29. The van der Waals surface area contributed by atoms with Gasteiger partial charge in [0.1, 0.15) is 0 Å². The third-order valence-electron chi connectivity index (χ3n) is 3.88. The number of nitriles is 1. The smallest absolute Gasteiger partial charge is 0.339 e. The summed E-state index contributed by atoms with van der Waals surface area (Å²) in [5.74, 6) is -0.117. The topological polar surface area (TPSA) is 97.6 Å². The van der Waals surface area contributed by atoms with Gasteiger partial charge in [-0.3, -0.25) is 4.79 Å². The molecule has 0 unspecified atom stereocenters. The van der Waals surface area contributed by atoms with Crippen LogP contribution in [0.2, 0.25) is 0 Å². The molecule has 0 heterocycles. The Morgan fingerprint density at radius 3 is 2.41 bits per heavy atom. The second-order valence-corrected chi connectivity index (χ2v) is 6.17. The standard InChI is InChI=1S/C22H24N2O5/c1-4-12-28-19-11-8-17(13-20(19)27-5-2)22(26)29-15(3)21(25)24-18-9-6-16(14-23)7-10-18/h6-11,13,15H,4-5,12H2,1-3H3,(H,24,25)/t15-/m0/s1. The Morgan fingerprint density at radius 2 is 1.79 bits per heavy atom. The number of carbonyl (C=O) groups is 2. The molecule has 1 atom stereocenters. The number of nitrogens with zero attached hydrogens (tertiary/aromatic N) is 1. The molecule has 2 aromatic rings. The zero-order valence-corrected chi connectivity index (χ0v) is 16.7. The van der Waals surface area contributed by atoms with Crippen LogP contribution in [-0.2, 0) is 9.53 Å². The molecule has 0 spiro atoms. The van der Waals surface area contributed by atoms with E-state index < -0.39 is 18.0 Å². The van der Waals surface area contributed by atoms with Crippen molar-refractivity contribution in [2.75, 3.05) is 18.5 Å². The highest BCUT2D eigenvalue weighted by atomic mass is 16.5. The molecule has 0 fully saturated rings. The van der Waals surface area contributed by atoms with Gasteiger partial charge in [0.2, 0.25) is 0 Å². The van der Waals surface area contributed by atoms with Crippen molar-refractivity contribution < 1.29 is 23.8 Å². The third-order valence-corrected chi connectivity index (χ3v) is 3.88. The van der Waals surface area contributed by atoms with Gasteiger partial charge < -0.3 is 19.5 Å². The van der Waals surface area contributed by atoms with Gasteiger partial charge in [-0.2, -0.15) is 5.26 Å². The van der Waals surface area contributed by atoms with Crippen molar-refractivity contribution in [3.63, 3.8) is 0 Å². The predicted molar refractivity (Wildman–Crippen MR) is 108 cm³/mol. The summed E-state index contributed by atoms with van der Waals surface area (Å²) in [5.41, 5.74) is 1.25. The van der Waals surface area contributed by atoms with E-state index in [0.717, 1.165) is 6.42 Å². The molecule has 2 aromatic carbocycles. The molecule has 152 valence electrons.